The number of amides is 1. The molecule has 4 rings (SSSR count). The summed E-state index contributed by atoms with van der Waals surface area (Å²) in [4.78, 5) is 28.4. The van der Waals surface area contributed by atoms with E-state index in [4.69, 9.17) is 13.9 Å². The molecule has 2 heterocycles. The van der Waals surface area contributed by atoms with Crippen molar-refractivity contribution in [3.63, 3.8) is 0 Å². The monoisotopic (exact) mass is 435 g/mol. The minimum atomic E-state index is -0.526. The summed E-state index contributed by atoms with van der Waals surface area (Å²) in [6.07, 6.45) is 2.76. The Hall–Kier alpha value is -3.28. The van der Waals surface area contributed by atoms with Crippen molar-refractivity contribution in [1.29, 1.82) is 0 Å². The Kier molecular flexibility index (Phi) is 6.49. The van der Waals surface area contributed by atoms with Crippen molar-refractivity contribution >= 4 is 16.9 Å². The fourth-order valence-electron chi connectivity index (χ4n) is 4.19. The van der Waals surface area contributed by atoms with Crippen molar-refractivity contribution in [2.24, 2.45) is 0 Å². The van der Waals surface area contributed by atoms with Gasteiger partial charge < -0.3 is 18.8 Å². The highest BCUT2D eigenvalue weighted by Gasteiger charge is 2.42. The van der Waals surface area contributed by atoms with E-state index in [-0.39, 0.29) is 17.1 Å². The lowest BCUT2D eigenvalue weighted by molar-refractivity contribution is 0.0728. The van der Waals surface area contributed by atoms with Crippen LogP contribution in [0.4, 0.5) is 0 Å². The SMILES string of the molecule is CCCCOc1ccc([C@H]2c3c(oc4ccccc4c3=O)C(=O)N2CCC)cc1OCC. The molecule has 0 aliphatic carbocycles. The van der Waals surface area contributed by atoms with Crippen LogP contribution in [0.25, 0.3) is 11.0 Å². The number of carbonyl (C=O) groups is 1. The summed E-state index contributed by atoms with van der Waals surface area (Å²) < 4.78 is 17.7. The van der Waals surface area contributed by atoms with E-state index in [1.165, 1.54) is 0 Å². The molecule has 1 atom stereocenters. The van der Waals surface area contributed by atoms with Crippen molar-refractivity contribution in [2.45, 2.75) is 46.1 Å². The summed E-state index contributed by atoms with van der Waals surface area (Å²) in [5, 5.41) is 0.479. The van der Waals surface area contributed by atoms with Gasteiger partial charge in [0.1, 0.15) is 5.58 Å². The molecule has 0 unspecified atom stereocenters. The number of nitrogens with zero attached hydrogens (tertiary/aromatic N) is 1. The summed E-state index contributed by atoms with van der Waals surface area (Å²) in [6.45, 7) is 7.65. The van der Waals surface area contributed by atoms with Crippen LogP contribution in [0.5, 0.6) is 11.5 Å². The largest absolute Gasteiger partial charge is 0.490 e. The summed E-state index contributed by atoms with van der Waals surface area (Å²) in [5.41, 5.74) is 1.46. The van der Waals surface area contributed by atoms with E-state index in [0.29, 0.717) is 47.8 Å². The Morgan fingerprint density at radius 1 is 0.969 bits per heavy atom. The molecular weight excluding hydrogens is 406 g/mol. The van der Waals surface area contributed by atoms with E-state index < -0.39 is 6.04 Å². The predicted molar refractivity (Wildman–Crippen MR) is 124 cm³/mol. The number of hydrogen-bond acceptors (Lipinski definition) is 5. The van der Waals surface area contributed by atoms with Crippen molar-refractivity contribution in [3.8, 4) is 11.5 Å². The third kappa shape index (κ3) is 3.85. The number of hydrogen-bond donors (Lipinski definition) is 0. The minimum Gasteiger partial charge on any atom is -0.490 e. The van der Waals surface area contributed by atoms with Gasteiger partial charge in [-0.1, -0.05) is 38.5 Å². The maximum Gasteiger partial charge on any atom is 0.290 e. The number of carbonyl (C=O) groups excluding carboxylic acids is 1. The Bertz CT molecular complexity index is 1180. The van der Waals surface area contributed by atoms with Gasteiger partial charge in [-0.15, -0.1) is 0 Å². The first-order valence-corrected chi connectivity index (χ1v) is 11.4. The zero-order valence-electron chi connectivity index (χ0n) is 18.8. The molecule has 0 fully saturated rings. The van der Waals surface area contributed by atoms with Gasteiger partial charge in [-0.25, -0.2) is 0 Å². The lowest BCUT2D eigenvalue weighted by Gasteiger charge is -2.25. The van der Waals surface area contributed by atoms with Gasteiger partial charge in [0, 0.05) is 6.54 Å². The fraction of sp³-hybridized carbons (Fsp3) is 0.385. The Balaban J connectivity index is 1.85. The molecule has 0 radical (unpaired) electrons. The second kappa shape index (κ2) is 9.47. The number of fused-ring (bicyclic) bond motifs is 2. The Morgan fingerprint density at radius 2 is 1.78 bits per heavy atom. The van der Waals surface area contributed by atoms with Crippen LogP contribution < -0.4 is 14.9 Å². The van der Waals surface area contributed by atoms with Crippen LogP contribution in [-0.2, 0) is 0 Å². The van der Waals surface area contributed by atoms with Crippen LogP contribution in [0, 0.1) is 0 Å². The van der Waals surface area contributed by atoms with Crippen LogP contribution in [0.1, 0.15) is 67.8 Å². The summed E-state index contributed by atoms with van der Waals surface area (Å²) >= 11 is 0. The molecule has 1 aliphatic rings. The van der Waals surface area contributed by atoms with Crippen LogP contribution >= 0.6 is 0 Å². The number of benzene rings is 2. The van der Waals surface area contributed by atoms with E-state index in [1.54, 1.807) is 29.2 Å². The highest BCUT2D eigenvalue weighted by molar-refractivity contribution is 5.99. The van der Waals surface area contributed by atoms with Crippen LogP contribution in [0.15, 0.2) is 51.7 Å². The van der Waals surface area contributed by atoms with E-state index in [1.807, 2.05) is 32.0 Å². The highest BCUT2D eigenvalue weighted by atomic mass is 16.5. The topological polar surface area (TPSA) is 69.0 Å². The number of ether oxygens (including phenoxy) is 2. The maximum absolute atomic E-state index is 13.5. The standard InChI is InChI=1S/C26H29NO5/c1-4-7-15-31-20-13-12-17(16-21(20)30-6-3)23-22-24(28)18-10-8-9-11-19(18)32-25(22)26(29)27(23)14-5-2/h8-13,16,23H,4-7,14-15H2,1-3H3/t23-/m0/s1. The number of unbranched alkanes of at least 4 members (excludes halogenated alkanes) is 1. The second-order valence-corrected chi connectivity index (χ2v) is 7.91. The smallest absolute Gasteiger partial charge is 0.290 e. The molecule has 2 aromatic carbocycles. The molecule has 0 saturated carbocycles. The fourth-order valence-corrected chi connectivity index (χ4v) is 4.19. The molecule has 6 heteroatoms. The lowest BCUT2D eigenvalue weighted by atomic mass is 9.98. The average molecular weight is 436 g/mol. The third-order valence-corrected chi connectivity index (χ3v) is 5.68. The second-order valence-electron chi connectivity index (χ2n) is 7.91. The first-order valence-electron chi connectivity index (χ1n) is 11.4. The molecule has 0 bridgehead atoms. The predicted octanol–water partition coefficient (Wildman–Crippen LogP) is 5.33. The van der Waals surface area contributed by atoms with Gasteiger partial charge in [-0.3, -0.25) is 9.59 Å². The zero-order chi connectivity index (χ0) is 22.7. The molecule has 32 heavy (non-hydrogen) atoms. The van der Waals surface area contributed by atoms with Gasteiger partial charge in [0.15, 0.2) is 16.9 Å². The molecular formula is C26H29NO5. The molecule has 168 valence electrons. The van der Waals surface area contributed by atoms with Crippen molar-refractivity contribution in [3.05, 3.63) is 69.6 Å². The van der Waals surface area contributed by atoms with Crippen LogP contribution in [0.2, 0.25) is 0 Å². The van der Waals surface area contributed by atoms with Crippen molar-refractivity contribution in [1.82, 2.24) is 4.90 Å². The van der Waals surface area contributed by atoms with Gasteiger partial charge in [0.05, 0.1) is 30.2 Å². The Morgan fingerprint density at radius 3 is 2.53 bits per heavy atom. The molecule has 1 amide bonds. The quantitative estimate of drug-likeness (QED) is 0.425. The maximum atomic E-state index is 13.5. The first-order chi connectivity index (χ1) is 15.6. The first kappa shape index (κ1) is 21.9. The van der Waals surface area contributed by atoms with E-state index >= 15 is 0 Å². The van der Waals surface area contributed by atoms with E-state index in [9.17, 15) is 9.59 Å². The number of para-hydroxylation sites is 1. The van der Waals surface area contributed by atoms with Gasteiger partial charge in [0.2, 0.25) is 5.76 Å². The van der Waals surface area contributed by atoms with Gasteiger partial charge in [-0.05, 0) is 49.6 Å². The van der Waals surface area contributed by atoms with E-state index in [0.717, 1.165) is 24.8 Å². The number of rotatable bonds is 9. The van der Waals surface area contributed by atoms with Gasteiger partial charge in [-0.2, -0.15) is 0 Å². The molecule has 1 aromatic heterocycles. The van der Waals surface area contributed by atoms with E-state index in [2.05, 4.69) is 6.92 Å². The van der Waals surface area contributed by atoms with Crippen molar-refractivity contribution < 1.29 is 18.7 Å². The summed E-state index contributed by atoms with van der Waals surface area (Å²) in [6, 6.07) is 12.2. The molecule has 0 spiro atoms. The molecule has 1 aliphatic heterocycles. The molecule has 0 N–H and O–H groups in total. The van der Waals surface area contributed by atoms with Gasteiger partial charge >= 0.3 is 0 Å². The minimum absolute atomic E-state index is 0.133. The normalized spacial score (nSPS) is 15.3. The van der Waals surface area contributed by atoms with Gasteiger partial charge in [0.25, 0.3) is 5.91 Å². The summed E-state index contributed by atoms with van der Waals surface area (Å²) in [5.74, 6) is 1.16. The van der Waals surface area contributed by atoms with Crippen molar-refractivity contribution in [2.75, 3.05) is 19.8 Å². The summed E-state index contributed by atoms with van der Waals surface area (Å²) in [7, 11) is 0. The average Bonchev–Trinajstić information content (AvgIpc) is 3.07. The van der Waals surface area contributed by atoms with Crippen LogP contribution in [-0.4, -0.2) is 30.6 Å². The Labute approximate surface area is 187 Å². The van der Waals surface area contributed by atoms with Crippen LogP contribution in [0.3, 0.4) is 0 Å². The highest BCUT2D eigenvalue weighted by Crippen LogP contribution is 2.41. The zero-order valence-corrected chi connectivity index (χ0v) is 18.8. The molecule has 0 saturated heterocycles. The third-order valence-electron chi connectivity index (χ3n) is 5.68. The lowest BCUT2D eigenvalue weighted by Crippen LogP contribution is -2.30. The molecule has 6 nitrogen and oxygen atoms in total. The molecule has 3 aromatic rings.